The van der Waals surface area contributed by atoms with Gasteiger partial charge in [-0.2, -0.15) is 0 Å². The fourth-order valence-corrected chi connectivity index (χ4v) is 3.99. The Hall–Kier alpha value is -1.31. The first-order chi connectivity index (χ1) is 9.60. The normalized spacial score (nSPS) is 13.0. The third-order valence-corrected chi connectivity index (χ3v) is 4.90. The van der Waals surface area contributed by atoms with E-state index in [2.05, 4.69) is 37.6 Å². The fourth-order valence-electron chi connectivity index (χ4n) is 2.23. The maximum atomic E-state index is 13.3. The van der Waals surface area contributed by atoms with Gasteiger partial charge >= 0.3 is 0 Å². The lowest BCUT2D eigenvalue weighted by Crippen LogP contribution is -2.20. The van der Waals surface area contributed by atoms with Crippen LogP contribution >= 0.6 is 27.3 Å². The van der Waals surface area contributed by atoms with Gasteiger partial charge in [-0.05, 0) is 46.6 Å². The van der Waals surface area contributed by atoms with E-state index in [0.717, 1.165) is 20.7 Å². The second-order valence-electron chi connectivity index (χ2n) is 4.44. The van der Waals surface area contributed by atoms with E-state index in [1.165, 1.54) is 6.07 Å². The zero-order valence-corrected chi connectivity index (χ0v) is 13.3. The van der Waals surface area contributed by atoms with Crippen molar-refractivity contribution in [1.82, 2.24) is 20.3 Å². The van der Waals surface area contributed by atoms with Crippen molar-refractivity contribution in [2.45, 2.75) is 6.04 Å². The summed E-state index contributed by atoms with van der Waals surface area (Å²) in [5, 5.41) is 12.3. The highest BCUT2D eigenvalue weighted by Crippen LogP contribution is 2.35. The number of hydrogen-bond donors (Lipinski definition) is 1. The van der Waals surface area contributed by atoms with Crippen molar-refractivity contribution in [2.75, 3.05) is 7.05 Å². The van der Waals surface area contributed by atoms with Crippen LogP contribution in [0.5, 0.6) is 0 Å². The molecule has 4 nitrogen and oxygen atoms in total. The molecule has 3 rings (SSSR count). The van der Waals surface area contributed by atoms with Crippen LogP contribution in [-0.4, -0.2) is 22.0 Å². The molecule has 0 fully saturated rings. The second-order valence-corrected chi connectivity index (χ2v) is 6.31. The van der Waals surface area contributed by atoms with Crippen LogP contribution in [0.3, 0.4) is 0 Å². The van der Waals surface area contributed by atoms with Gasteiger partial charge in [0.05, 0.1) is 11.7 Å². The van der Waals surface area contributed by atoms with Crippen LogP contribution < -0.4 is 5.32 Å². The van der Waals surface area contributed by atoms with Gasteiger partial charge < -0.3 is 5.32 Å². The van der Waals surface area contributed by atoms with Crippen LogP contribution in [0.25, 0.3) is 10.1 Å². The Balaban J connectivity index is 2.12. The van der Waals surface area contributed by atoms with E-state index < -0.39 is 0 Å². The number of hydrogen-bond acceptors (Lipinski definition) is 4. The van der Waals surface area contributed by atoms with Gasteiger partial charge in [-0.25, -0.2) is 9.07 Å². The predicted octanol–water partition coefficient (Wildman–Crippen LogP) is 3.24. The van der Waals surface area contributed by atoms with Crippen molar-refractivity contribution in [3.63, 3.8) is 0 Å². The molecule has 1 aromatic carbocycles. The number of benzene rings is 1. The molecule has 1 N–H and O–H groups in total. The standard InChI is InChI=1S/C13H12BrFN4S/c1-16-11(12-13(14)17-18-19(12)2)10-5-7-3-4-8(15)6-9(7)20-10/h3-6,11,16H,1-2H3. The number of thiophene rings is 1. The SMILES string of the molecule is CNC(c1cc2ccc(F)cc2s1)c1c(Br)nnn1C. The number of aryl methyl sites for hydroxylation is 1. The molecule has 0 aliphatic rings. The Kier molecular flexibility index (Phi) is 3.57. The molecular weight excluding hydrogens is 343 g/mol. The number of rotatable bonds is 3. The van der Waals surface area contributed by atoms with Crippen LogP contribution in [0.4, 0.5) is 4.39 Å². The maximum absolute atomic E-state index is 13.3. The third-order valence-electron chi connectivity index (χ3n) is 3.17. The highest BCUT2D eigenvalue weighted by atomic mass is 79.9. The molecule has 0 saturated carbocycles. The van der Waals surface area contributed by atoms with Crippen molar-refractivity contribution in [2.24, 2.45) is 7.05 Å². The summed E-state index contributed by atoms with van der Waals surface area (Å²) < 4.78 is 16.7. The first kappa shape index (κ1) is 13.7. The van der Waals surface area contributed by atoms with E-state index in [9.17, 15) is 4.39 Å². The lowest BCUT2D eigenvalue weighted by atomic mass is 10.1. The lowest BCUT2D eigenvalue weighted by molar-refractivity contribution is 0.603. The molecule has 2 heterocycles. The summed E-state index contributed by atoms with van der Waals surface area (Å²) in [5.41, 5.74) is 0.944. The van der Waals surface area contributed by atoms with E-state index in [0.29, 0.717) is 4.60 Å². The van der Waals surface area contributed by atoms with Crippen molar-refractivity contribution in [3.8, 4) is 0 Å². The molecule has 0 aliphatic carbocycles. The third kappa shape index (κ3) is 2.25. The molecule has 3 aromatic rings. The number of fused-ring (bicyclic) bond motifs is 1. The van der Waals surface area contributed by atoms with Gasteiger partial charge in [0.2, 0.25) is 0 Å². The Bertz CT molecular complexity index is 747. The first-order valence-corrected chi connectivity index (χ1v) is 7.62. The lowest BCUT2D eigenvalue weighted by Gasteiger charge is -2.14. The molecule has 1 atom stereocenters. The minimum Gasteiger partial charge on any atom is -0.307 e. The van der Waals surface area contributed by atoms with Crippen molar-refractivity contribution in [1.29, 1.82) is 0 Å². The van der Waals surface area contributed by atoms with E-state index in [1.807, 2.05) is 14.1 Å². The molecular formula is C13H12BrFN4S. The van der Waals surface area contributed by atoms with Gasteiger partial charge in [0.15, 0.2) is 4.60 Å². The Morgan fingerprint density at radius 3 is 2.85 bits per heavy atom. The number of aromatic nitrogens is 3. The summed E-state index contributed by atoms with van der Waals surface area (Å²) in [6, 6.07) is 6.88. The molecule has 2 aromatic heterocycles. The van der Waals surface area contributed by atoms with Crippen LogP contribution in [0.1, 0.15) is 16.6 Å². The van der Waals surface area contributed by atoms with Crippen LogP contribution in [0.2, 0.25) is 0 Å². The van der Waals surface area contributed by atoms with Gasteiger partial charge in [0.1, 0.15) is 5.82 Å². The summed E-state index contributed by atoms with van der Waals surface area (Å²) in [6.07, 6.45) is 0. The fraction of sp³-hybridized carbons (Fsp3) is 0.231. The Labute approximate surface area is 127 Å². The highest BCUT2D eigenvalue weighted by molar-refractivity contribution is 9.10. The minimum absolute atomic E-state index is 0.0372. The van der Waals surface area contributed by atoms with Gasteiger partial charge in [0.25, 0.3) is 0 Å². The van der Waals surface area contributed by atoms with Gasteiger partial charge in [-0.1, -0.05) is 11.3 Å². The van der Waals surface area contributed by atoms with E-state index in [4.69, 9.17) is 0 Å². The van der Waals surface area contributed by atoms with Gasteiger partial charge in [-0.15, -0.1) is 16.4 Å². The second kappa shape index (κ2) is 5.23. The Morgan fingerprint density at radius 2 is 2.20 bits per heavy atom. The van der Waals surface area contributed by atoms with Gasteiger partial charge in [0, 0.05) is 16.6 Å². The van der Waals surface area contributed by atoms with Crippen molar-refractivity contribution >= 4 is 37.4 Å². The number of halogens is 2. The summed E-state index contributed by atoms with van der Waals surface area (Å²) >= 11 is 4.99. The summed E-state index contributed by atoms with van der Waals surface area (Å²) in [6.45, 7) is 0. The quantitative estimate of drug-likeness (QED) is 0.784. The smallest absolute Gasteiger partial charge is 0.153 e. The molecule has 0 bridgehead atoms. The molecule has 104 valence electrons. The summed E-state index contributed by atoms with van der Waals surface area (Å²) in [5.74, 6) is -0.213. The monoisotopic (exact) mass is 354 g/mol. The van der Waals surface area contributed by atoms with Crippen molar-refractivity contribution in [3.05, 3.63) is 45.3 Å². The topological polar surface area (TPSA) is 42.7 Å². The van der Waals surface area contributed by atoms with Crippen LogP contribution in [0.15, 0.2) is 28.9 Å². The predicted molar refractivity (Wildman–Crippen MR) is 81.4 cm³/mol. The zero-order valence-electron chi connectivity index (χ0n) is 10.9. The molecule has 0 aliphatic heterocycles. The van der Waals surface area contributed by atoms with Crippen molar-refractivity contribution < 1.29 is 4.39 Å². The minimum atomic E-state index is -0.213. The maximum Gasteiger partial charge on any atom is 0.153 e. The molecule has 20 heavy (non-hydrogen) atoms. The highest BCUT2D eigenvalue weighted by Gasteiger charge is 2.22. The molecule has 0 saturated heterocycles. The number of nitrogens with one attached hydrogen (secondary N) is 1. The number of nitrogens with zero attached hydrogens (tertiary/aromatic N) is 3. The van der Waals surface area contributed by atoms with E-state index in [-0.39, 0.29) is 11.9 Å². The van der Waals surface area contributed by atoms with E-state index in [1.54, 1.807) is 28.2 Å². The molecule has 0 amide bonds. The average Bonchev–Trinajstić information content (AvgIpc) is 2.97. The van der Waals surface area contributed by atoms with E-state index >= 15 is 0 Å². The summed E-state index contributed by atoms with van der Waals surface area (Å²) in [4.78, 5) is 1.10. The Morgan fingerprint density at radius 1 is 1.40 bits per heavy atom. The molecule has 0 spiro atoms. The zero-order chi connectivity index (χ0) is 14.3. The average molecular weight is 355 g/mol. The molecule has 0 radical (unpaired) electrons. The van der Waals surface area contributed by atoms with Crippen LogP contribution in [0, 0.1) is 5.82 Å². The van der Waals surface area contributed by atoms with Gasteiger partial charge in [-0.3, -0.25) is 0 Å². The largest absolute Gasteiger partial charge is 0.307 e. The molecule has 7 heteroatoms. The summed E-state index contributed by atoms with van der Waals surface area (Å²) in [7, 11) is 3.74. The molecule has 1 unspecified atom stereocenters. The first-order valence-electron chi connectivity index (χ1n) is 6.01. The van der Waals surface area contributed by atoms with Crippen LogP contribution in [-0.2, 0) is 7.05 Å².